The number of pyridine rings is 1. The maximum Gasteiger partial charge on any atom is 0.119 e. The first-order valence-electron chi connectivity index (χ1n) is 12.9. The molecule has 1 aromatic carbocycles. The number of methoxy groups -OCH3 is 1. The van der Waals surface area contributed by atoms with E-state index in [2.05, 4.69) is 28.9 Å². The van der Waals surface area contributed by atoms with Gasteiger partial charge in [0.25, 0.3) is 0 Å². The first-order chi connectivity index (χ1) is 15.6. The zero-order chi connectivity index (χ0) is 22.8. The lowest BCUT2D eigenvalue weighted by Crippen LogP contribution is -2.42. The molecule has 1 unspecified atom stereocenters. The van der Waals surface area contributed by atoms with E-state index in [9.17, 15) is 5.11 Å². The standard InChI is InChI=1S/C28H44N2O2/c1-4-5-6-7-8-17-30-18-15-23(25(21-30)19-22(2)31)10-9-11-24-14-16-29-28-13-12-26(32-3)20-27(24)28/h12-14,16,20,22-23,25,31H,4-11,15,17-19,21H2,1-3H3/t22?,23-,25+/m1/s1. The highest BCUT2D eigenvalue weighted by Crippen LogP contribution is 2.32. The van der Waals surface area contributed by atoms with Gasteiger partial charge in [-0.05, 0) is 100 Å². The molecule has 2 heterocycles. The normalized spacial score (nSPS) is 20.5. The highest BCUT2D eigenvalue weighted by atomic mass is 16.5. The van der Waals surface area contributed by atoms with Crippen molar-refractivity contribution in [3.05, 3.63) is 36.0 Å². The van der Waals surface area contributed by atoms with Crippen LogP contribution in [0.1, 0.15) is 77.2 Å². The van der Waals surface area contributed by atoms with E-state index in [0.717, 1.165) is 30.0 Å². The average Bonchev–Trinajstić information content (AvgIpc) is 2.79. The summed E-state index contributed by atoms with van der Waals surface area (Å²) in [6.45, 7) is 7.86. The number of unbranched alkanes of at least 4 members (excludes halogenated alkanes) is 4. The van der Waals surface area contributed by atoms with E-state index in [1.54, 1.807) is 7.11 Å². The first-order valence-corrected chi connectivity index (χ1v) is 12.9. The molecule has 1 aliphatic rings. The molecule has 1 aliphatic heterocycles. The third-order valence-electron chi connectivity index (χ3n) is 7.26. The van der Waals surface area contributed by atoms with Crippen LogP contribution in [0.4, 0.5) is 0 Å². The molecule has 1 fully saturated rings. The lowest BCUT2D eigenvalue weighted by molar-refractivity contribution is 0.0666. The fraction of sp³-hybridized carbons (Fsp3) is 0.679. The first kappa shape index (κ1) is 25.0. The van der Waals surface area contributed by atoms with Crippen LogP contribution >= 0.6 is 0 Å². The van der Waals surface area contributed by atoms with Crippen LogP contribution < -0.4 is 4.74 Å². The Labute approximate surface area is 195 Å². The van der Waals surface area contributed by atoms with E-state index in [-0.39, 0.29) is 6.10 Å². The Bertz CT molecular complexity index is 807. The minimum atomic E-state index is -0.205. The maximum atomic E-state index is 10.1. The van der Waals surface area contributed by atoms with E-state index >= 15 is 0 Å². The molecule has 3 rings (SSSR count). The summed E-state index contributed by atoms with van der Waals surface area (Å²) in [7, 11) is 1.72. The Morgan fingerprint density at radius 1 is 1.12 bits per heavy atom. The van der Waals surface area contributed by atoms with Gasteiger partial charge in [-0.1, -0.05) is 32.6 Å². The Balaban J connectivity index is 1.53. The van der Waals surface area contributed by atoms with Crippen LogP contribution in [-0.4, -0.2) is 47.8 Å². The second kappa shape index (κ2) is 13.2. The van der Waals surface area contributed by atoms with Gasteiger partial charge in [-0.2, -0.15) is 0 Å². The van der Waals surface area contributed by atoms with Crippen molar-refractivity contribution >= 4 is 10.9 Å². The lowest BCUT2D eigenvalue weighted by Gasteiger charge is -2.39. The fourth-order valence-electron chi connectivity index (χ4n) is 5.47. The van der Waals surface area contributed by atoms with Gasteiger partial charge in [0.1, 0.15) is 5.75 Å². The molecule has 1 saturated heterocycles. The van der Waals surface area contributed by atoms with Gasteiger partial charge in [-0.15, -0.1) is 0 Å². The fourth-order valence-corrected chi connectivity index (χ4v) is 5.47. The number of aliphatic hydroxyl groups is 1. The number of fused-ring (bicyclic) bond motifs is 1. The molecule has 4 heteroatoms. The van der Waals surface area contributed by atoms with Crippen LogP contribution in [-0.2, 0) is 6.42 Å². The van der Waals surface area contributed by atoms with Crippen molar-refractivity contribution in [2.45, 2.75) is 84.2 Å². The average molecular weight is 441 g/mol. The third-order valence-corrected chi connectivity index (χ3v) is 7.26. The summed E-state index contributed by atoms with van der Waals surface area (Å²) in [4.78, 5) is 7.19. The molecule has 178 valence electrons. The molecule has 0 radical (unpaired) electrons. The van der Waals surface area contributed by atoms with Crippen LogP contribution in [0, 0.1) is 11.8 Å². The van der Waals surface area contributed by atoms with Crippen molar-refractivity contribution in [1.29, 1.82) is 0 Å². The lowest BCUT2D eigenvalue weighted by atomic mass is 9.79. The molecule has 32 heavy (non-hydrogen) atoms. The molecule has 4 nitrogen and oxygen atoms in total. The summed E-state index contributed by atoms with van der Waals surface area (Å²) in [5, 5.41) is 11.3. The third kappa shape index (κ3) is 7.45. The number of piperidine rings is 1. The van der Waals surface area contributed by atoms with E-state index in [1.165, 1.54) is 82.0 Å². The minimum Gasteiger partial charge on any atom is -0.497 e. The number of rotatable bonds is 13. The van der Waals surface area contributed by atoms with Crippen LogP contribution in [0.2, 0.25) is 0 Å². The molecule has 3 atom stereocenters. The van der Waals surface area contributed by atoms with E-state index in [0.29, 0.717) is 5.92 Å². The predicted molar refractivity (Wildman–Crippen MR) is 134 cm³/mol. The van der Waals surface area contributed by atoms with Crippen molar-refractivity contribution in [2.75, 3.05) is 26.7 Å². The smallest absolute Gasteiger partial charge is 0.119 e. The molecule has 0 bridgehead atoms. The summed E-state index contributed by atoms with van der Waals surface area (Å²) < 4.78 is 5.43. The second-order valence-corrected chi connectivity index (χ2v) is 9.85. The molecule has 1 N–H and O–H groups in total. The maximum absolute atomic E-state index is 10.1. The van der Waals surface area contributed by atoms with Crippen molar-refractivity contribution in [1.82, 2.24) is 9.88 Å². The zero-order valence-corrected chi connectivity index (χ0v) is 20.6. The molecular formula is C28H44N2O2. The number of benzene rings is 1. The SMILES string of the molecule is CCCCCCCN1CC[C@@H](CCCc2ccnc3ccc(OC)cc23)[C@@H](CC(C)O)C1. The zero-order valence-electron chi connectivity index (χ0n) is 20.6. The van der Waals surface area contributed by atoms with Gasteiger partial charge in [-0.25, -0.2) is 0 Å². The number of aromatic nitrogens is 1. The quantitative estimate of drug-likeness (QED) is 0.374. The van der Waals surface area contributed by atoms with E-state index in [4.69, 9.17) is 4.74 Å². The number of nitrogens with zero attached hydrogens (tertiary/aromatic N) is 2. The molecule has 0 amide bonds. The number of hydrogen-bond acceptors (Lipinski definition) is 4. The number of ether oxygens (including phenoxy) is 1. The highest BCUT2D eigenvalue weighted by molar-refractivity contribution is 5.83. The summed E-state index contributed by atoms with van der Waals surface area (Å²) in [5.74, 6) is 2.24. The van der Waals surface area contributed by atoms with Gasteiger partial charge in [-0.3, -0.25) is 4.98 Å². The van der Waals surface area contributed by atoms with Crippen molar-refractivity contribution in [3.8, 4) is 5.75 Å². The molecule has 0 aliphatic carbocycles. The minimum absolute atomic E-state index is 0.205. The number of aliphatic hydroxyl groups excluding tert-OH is 1. The monoisotopic (exact) mass is 440 g/mol. The van der Waals surface area contributed by atoms with Crippen LogP contribution in [0.25, 0.3) is 10.9 Å². The van der Waals surface area contributed by atoms with E-state index in [1.807, 2.05) is 25.3 Å². The summed E-state index contributed by atoms with van der Waals surface area (Å²) in [6, 6.07) is 8.31. The van der Waals surface area contributed by atoms with Gasteiger partial charge in [0.15, 0.2) is 0 Å². The van der Waals surface area contributed by atoms with Crippen LogP contribution in [0.15, 0.2) is 30.5 Å². The Hall–Kier alpha value is -1.65. The Kier molecular flexibility index (Phi) is 10.3. The molecule has 2 aromatic rings. The second-order valence-electron chi connectivity index (χ2n) is 9.85. The van der Waals surface area contributed by atoms with Crippen molar-refractivity contribution in [3.63, 3.8) is 0 Å². The predicted octanol–water partition coefficient (Wildman–Crippen LogP) is 6.25. The number of aryl methyl sites for hydroxylation is 1. The van der Waals surface area contributed by atoms with Crippen molar-refractivity contribution in [2.24, 2.45) is 11.8 Å². The highest BCUT2D eigenvalue weighted by Gasteiger charge is 2.29. The van der Waals surface area contributed by atoms with E-state index < -0.39 is 0 Å². The van der Waals surface area contributed by atoms with Crippen LogP contribution in [0.5, 0.6) is 5.75 Å². The summed E-state index contributed by atoms with van der Waals surface area (Å²) in [6.07, 6.45) is 14.2. The van der Waals surface area contributed by atoms with Crippen molar-refractivity contribution < 1.29 is 9.84 Å². The van der Waals surface area contributed by atoms with Gasteiger partial charge >= 0.3 is 0 Å². The van der Waals surface area contributed by atoms with Gasteiger partial charge in [0.2, 0.25) is 0 Å². The Morgan fingerprint density at radius 3 is 2.75 bits per heavy atom. The molecular weight excluding hydrogens is 396 g/mol. The number of likely N-dealkylation sites (tertiary alicyclic amines) is 1. The van der Waals surface area contributed by atoms with Gasteiger partial charge in [0.05, 0.1) is 18.7 Å². The summed E-state index contributed by atoms with van der Waals surface area (Å²) in [5.41, 5.74) is 2.41. The Morgan fingerprint density at radius 2 is 1.97 bits per heavy atom. The summed E-state index contributed by atoms with van der Waals surface area (Å²) >= 11 is 0. The molecule has 0 spiro atoms. The molecule has 1 aromatic heterocycles. The van der Waals surface area contributed by atoms with Gasteiger partial charge in [0, 0.05) is 18.1 Å². The number of hydrogen-bond donors (Lipinski definition) is 1. The topological polar surface area (TPSA) is 45.6 Å². The van der Waals surface area contributed by atoms with Crippen LogP contribution in [0.3, 0.4) is 0 Å². The largest absolute Gasteiger partial charge is 0.497 e. The molecule has 0 saturated carbocycles. The van der Waals surface area contributed by atoms with Gasteiger partial charge < -0.3 is 14.7 Å².